The van der Waals surface area contributed by atoms with E-state index < -0.39 is 0 Å². The van der Waals surface area contributed by atoms with E-state index in [9.17, 15) is 0 Å². The van der Waals surface area contributed by atoms with Crippen LogP contribution in [0.2, 0.25) is 0 Å². The van der Waals surface area contributed by atoms with Crippen LogP contribution in [-0.4, -0.2) is 52.5 Å². The topological polar surface area (TPSA) is 54.9 Å². The summed E-state index contributed by atoms with van der Waals surface area (Å²) in [4.78, 5) is 4.33. The zero-order valence-electron chi connectivity index (χ0n) is 15.2. The Labute approximate surface area is 176 Å². The fourth-order valence-corrected chi connectivity index (χ4v) is 3.37. The molecule has 2 N–H and O–H groups in total. The number of methoxy groups -OCH3 is 1. The Bertz CT molecular complexity index is 534. The van der Waals surface area contributed by atoms with Gasteiger partial charge < -0.3 is 20.1 Å². The molecule has 1 atom stereocenters. The van der Waals surface area contributed by atoms with Crippen molar-refractivity contribution >= 4 is 45.9 Å². The summed E-state index contributed by atoms with van der Waals surface area (Å²) in [6.45, 7) is 5.15. The van der Waals surface area contributed by atoms with E-state index in [-0.39, 0.29) is 35.4 Å². The largest absolute Gasteiger partial charge is 0.383 e. The third kappa shape index (κ3) is 6.69. The number of nitrogens with zero attached hydrogens (tertiary/aromatic N) is 1. The number of rotatable bonds is 6. The summed E-state index contributed by atoms with van der Waals surface area (Å²) in [5.74, 6) is 0.808. The van der Waals surface area contributed by atoms with Crippen molar-refractivity contribution < 1.29 is 9.47 Å². The molecular weight excluding hydrogens is 497 g/mol. The molecule has 142 valence electrons. The number of aliphatic imine (C=N–C) groups is 1. The Kier molecular flexibility index (Phi) is 10.3. The van der Waals surface area contributed by atoms with Gasteiger partial charge >= 0.3 is 0 Å². The van der Waals surface area contributed by atoms with Crippen LogP contribution >= 0.6 is 39.9 Å². The minimum atomic E-state index is 0. The van der Waals surface area contributed by atoms with Crippen LogP contribution in [0.1, 0.15) is 25.3 Å². The zero-order chi connectivity index (χ0) is 17.4. The van der Waals surface area contributed by atoms with Crippen LogP contribution in [0.3, 0.4) is 0 Å². The Morgan fingerprint density at radius 2 is 1.96 bits per heavy atom. The molecule has 0 saturated carbocycles. The highest BCUT2D eigenvalue weighted by atomic mass is 127. The fraction of sp³-hybridized carbons (Fsp3) is 0.611. The SMILES string of the molecule is CN=C(NCC1(c2ccc(Br)cc2)CCOCC1)NC(C)COC.I. The average molecular weight is 526 g/mol. The normalized spacial score (nSPS) is 18.2. The molecule has 1 heterocycles. The molecule has 0 radical (unpaired) electrons. The summed E-state index contributed by atoms with van der Waals surface area (Å²) >= 11 is 3.52. The molecule has 1 aromatic rings. The van der Waals surface area contributed by atoms with Crippen LogP contribution in [0, 0.1) is 0 Å². The molecule has 1 unspecified atom stereocenters. The van der Waals surface area contributed by atoms with Gasteiger partial charge in [0.05, 0.1) is 6.61 Å². The van der Waals surface area contributed by atoms with Gasteiger partial charge in [-0.05, 0) is 37.5 Å². The highest BCUT2D eigenvalue weighted by molar-refractivity contribution is 14.0. The van der Waals surface area contributed by atoms with Crippen molar-refractivity contribution in [1.29, 1.82) is 0 Å². The van der Waals surface area contributed by atoms with Gasteiger partial charge in [-0.2, -0.15) is 0 Å². The molecule has 1 aromatic carbocycles. The number of ether oxygens (including phenoxy) is 2. The molecule has 25 heavy (non-hydrogen) atoms. The van der Waals surface area contributed by atoms with Crippen LogP contribution in [0.4, 0.5) is 0 Å². The molecule has 1 aliphatic rings. The van der Waals surface area contributed by atoms with E-state index in [1.54, 1.807) is 14.2 Å². The lowest BCUT2D eigenvalue weighted by Crippen LogP contribution is -2.50. The van der Waals surface area contributed by atoms with Gasteiger partial charge in [0, 0.05) is 49.8 Å². The Morgan fingerprint density at radius 1 is 1.32 bits per heavy atom. The molecule has 0 bridgehead atoms. The summed E-state index contributed by atoms with van der Waals surface area (Å²) in [6, 6.07) is 8.85. The number of hydrogen-bond acceptors (Lipinski definition) is 3. The minimum absolute atomic E-state index is 0. The van der Waals surface area contributed by atoms with E-state index in [0.29, 0.717) is 6.61 Å². The molecule has 0 aliphatic carbocycles. The zero-order valence-corrected chi connectivity index (χ0v) is 19.1. The van der Waals surface area contributed by atoms with Crippen molar-refractivity contribution in [1.82, 2.24) is 10.6 Å². The van der Waals surface area contributed by atoms with E-state index in [2.05, 4.69) is 62.7 Å². The predicted octanol–water partition coefficient (Wildman–Crippen LogP) is 3.32. The molecular formula is C18H29BrIN3O2. The van der Waals surface area contributed by atoms with Gasteiger partial charge in [0.15, 0.2) is 5.96 Å². The first kappa shape index (κ1) is 22.7. The van der Waals surface area contributed by atoms with Crippen molar-refractivity contribution in [2.75, 3.05) is 40.5 Å². The van der Waals surface area contributed by atoms with Gasteiger partial charge in [0.2, 0.25) is 0 Å². The van der Waals surface area contributed by atoms with Crippen LogP contribution < -0.4 is 10.6 Å². The van der Waals surface area contributed by atoms with Gasteiger partial charge in [-0.1, -0.05) is 28.1 Å². The van der Waals surface area contributed by atoms with E-state index in [1.807, 2.05) is 0 Å². The fourth-order valence-electron chi connectivity index (χ4n) is 3.11. The third-order valence-electron chi connectivity index (χ3n) is 4.52. The summed E-state index contributed by atoms with van der Waals surface area (Å²) < 4.78 is 11.9. The lowest BCUT2D eigenvalue weighted by Gasteiger charge is -2.38. The first-order chi connectivity index (χ1) is 11.6. The molecule has 2 rings (SSSR count). The van der Waals surface area contributed by atoms with E-state index in [1.165, 1.54) is 5.56 Å². The molecule has 0 amide bonds. The summed E-state index contributed by atoms with van der Waals surface area (Å²) in [7, 11) is 3.50. The predicted molar refractivity (Wildman–Crippen MR) is 117 cm³/mol. The lowest BCUT2D eigenvalue weighted by atomic mass is 9.74. The minimum Gasteiger partial charge on any atom is -0.383 e. The van der Waals surface area contributed by atoms with Crippen molar-refractivity contribution in [3.8, 4) is 0 Å². The highest BCUT2D eigenvalue weighted by Gasteiger charge is 2.34. The monoisotopic (exact) mass is 525 g/mol. The average Bonchev–Trinajstić information content (AvgIpc) is 2.60. The quantitative estimate of drug-likeness (QED) is 0.340. The van der Waals surface area contributed by atoms with Crippen molar-refractivity contribution in [2.45, 2.75) is 31.2 Å². The highest BCUT2D eigenvalue weighted by Crippen LogP contribution is 2.34. The summed E-state index contributed by atoms with van der Waals surface area (Å²) in [6.07, 6.45) is 2.01. The van der Waals surface area contributed by atoms with Crippen LogP contribution in [0.25, 0.3) is 0 Å². The molecule has 0 aromatic heterocycles. The van der Waals surface area contributed by atoms with Gasteiger partial charge in [0.1, 0.15) is 0 Å². The van der Waals surface area contributed by atoms with Gasteiger partial charge in [-0.3, -0.25) is 4.99 Å². The lowest BCUT2D eigenvalue weighted by molar-refractivity contribution is 0.0513. The number of hydrogen-bond donors (Lipinski definition) is 2. The number of guanidine groups is 1. The number of benzene rings is 1. The Hall–Kier alpha value is -0.380. The van der Waals surface area contributed by atoms with Crippen LogP contribution in [-0.2, 0) is 14.9 Å². The van der Waals surface area contributed by atoms with E-state index >= 15 is 0 Å². The van der Waals surface area contributed by atoms with Crippen molar-refractivity contribution in [3.63, 3.8) is 0 Å². The number of halogens is 2. The summed E-state index contributed by atoms with van der Waals surface area (Å²) in [5, 5.41) is 6.86. The first-order valence-corrected chi connectivity index (χ1v) is 9.19. The maximum absolute atomic E-state index is 5.60. The second kappa shape index (κ2) is 11.4. The van der Waals surface area contributed by atoms with Gasteiger partial charge in [-0.25, -0.2) is 0 Å². The standard InChI is InChI=1S/C18H28BrN3O2.HI/c1-14(12-23-3)22-17(20-2)21-13-18(8-10-24-11-9-18)15-4-6-16(19)7-5-15;/h4-7,14H,8-13H2,1-3H3,(H2,20,21,22);1H. The van der Waals surface area contributed by atoms with Crippen molar-refractivity contribution in [3.05, 3.63) is 34.3 Å². The van der Waals surface area contributed by atoms with Gasteiger partial charge in [0.25, 0.3) is 0 Å². The van der Waals surface area contributed by atoms with Crippen molar-refractivity contribution in [2.24, 2.45) is 4.99 Å². The maximum atomic E-state index is 5.60. The number of nitrogens with one attached hydrogen (secondary N) is 2. The van der Waals surface area contributed by atoms with E-state index in [0.717, 1.165) is 43.0 Å². The first-order valence-electron chi connectivity index (χ1n) is 8.39. The molecule has 0 spiro atoms. The smallest absolute Gasteiger partial charge is 0.191 e. The van der Waals surface area contributed by atoms with Crippen LogP contribution in [0.5, 0.6) is 0 Å². The molecule has 1 saturated heterocycles. The van der Waals surface area contributed by atoms with Crippen LogP contribution in [0.15, 0.2) is 33.7 Å². The van der Waals surface area contributed by atoms with E-state index in [4.69, 9.17) is 9.47 Å². The summed E-state index contributed by atoms with van der Waals surface area (Å²) in [5.41, 5.74) is 1.42. The second-order valence-corrected chi connectivity index (χ2v) is 7.24. The maximum Gasteiger partial charge on any atom is 0.191 e. The Balaban J connectivity index is 0.00000312. The molecule has 5 nitrogen and oxygen atoms in total. The molecule has 1 aliphatic heterocycles. The molecule has 1 fully saturated rings. The second-order valence-electron chi connectivity index (χ2n) is 6.33. The van der Waals surface area contributed by atoms with Gasteiger partial charge in [-0.15, -0.1) is 24.0 Å². The Morgan fingerprint density at radius 3 is 2.52 bits per heavy atom. The molecule has 7 heteroatoms. The third-order valence-corrected chi connectivity index (χ3v) is 5.05.